The van der Waals surface area contributed by atoms with Crippen molar-refractivity contribution in [3.63, 3.8) is 0 Å². The summed E-state index contributed by atoms with van der Waals surface area (Å²) in [6, 6.07) is 6.22. The molecule has 1 saturated heterocycles. The Bertz CT molecular complexity index is 1100. The minimum absolute atomic E-state index is 0.0762. The van der Waals surface area contributed by atoms with Gasteiger partial charge >= 0.3 is 5.97 Å². The summed E-state index contributed by atoms with van der Waals surface area (Å²) < 4.78 is 10.8. The molecule has 2 aliphatic heterocycles. The van der Waals surface area contributed by atoms with E-state index in [4.69, 9.17) is 15.2 Å². The molecule has 0 spiro atoms. The third-order valence-corrected chi connectivity index (χ3v) is 5.45. The van der Waals surface area contributed by atoms with Crippen molar-refractivity contribution in [2.24, 2.45) is 0 Å². The minimum Gasteiger partial charge on any atom is -0.463 e. The third-order valence-electron chi connectivity index (χ3n) is 5.45. The molecule has 0 bridgehead atoms. The van der Waals surface area contributed by atoms with Gasteiger partial charge in [0.2, 0.25) is 5.95 Å². The van der Waals surface area contributed by atoms with Crippen LogP contribution in [0, 0.1) is 10.1 Å². The van der Waals surface area contributed by atoms with Crippen LogP contribution < -0.4 is 16.0 Å². The summed E-state index contributed by atoms with van der Waals surface area (Å²) in [6.45, 7) is 5.87. The van der Waals surface area contributed by atoms with E-state index in [1.807, 2.05) is 4.90 Å². The monoisotopic (exact) mass is 440 g/mol. The highest BCUT2D eigenvalue weighted by molar-refractivity contribution is 5.95. The molecule has 32 heavy (non-hydrogen) atoms. The standard InChI is InChI=1S/C21H24N6O5/c1-3-32-20(28)15-12(2)23-18-17(16(15)13-5-4-6-14(11-13)27(29)30)19(25-21(22)24-18)26-7-9-31-10-8-26/h4-6,11,16H,3,7-10H2,1-2H3,(H3,22,23,24,25). The molecule has 1 aromatic carbocycles. The van der Waals surface area contributed by atoms with Gasteiger partial charge in [0.1, 0.15) is 11.6 Å². The van der Waals surface area contributed by atoms with Crippen LogP contribution in [0.5, 0.6) is 0 Å². The van der Waals surface area contributed by atoms with Crippen molar-refractivity contribution in [3.05, 3.63) is 56.8 Å². The lowest BCUT2D eigenvalue weighted by Gasteiger charge is -2.35. The number of nitrogens with two attached hydrogens (primary N) is 1. The topological polar surface area (TPSA) is 146 Å². The molecule has 4 rings (SSSR count). The number of carbonyl (C=O) groups excluding carboxylic acids is 1. The molecule has 168 valence electrons. The number of aromatic nitrogens is 2. The summed E-state index contributed by atoms with van der Waals surface area (Å²) in [6.07, 6.45) is 0. The van der Waals surface area contributed by atoms with Crippen LogP contribution in [0.2, 0.25) is 0 Å². The van der Waals surface area contributed by atoms with Crippen LogP contribution in [-0.4, -0.2) is 53.8 Å². The van der Waals surface area contributed by atoms with E-state index >= 15 is 0 Å². The van der Waals surface area contributed by atoms with E-state index in [1.165, 1.54) is 12.1 Å². The SMILES string of the molecule is CCOC(=O)C1=C(C)Nc2nc(N)nc(N3CCOCC3)c2C1c1cccc([N+](=O)[O-])c1. The molecule has 11 nitrogen and oxygen atoms in total. The summed E-state index contributed by atoms with van der Waals surface area (Å²) in [5, 5.41) is 14.6. The van der Waals surface area contributed by atoms with Crippen LogP contribution >= 0.6 is 0 Å². The summed E-state index contributed by atoms with van der Waals surface area (Å²) in [5.74, 6) is -0.0777. The van der Waals surface area contributed by atoms with Gasteiger partial charge in [0, 0.05) is 36.5 Å². The third kappa shape index (κ3) is 3.94. The second kappa shape index (κ2) is 8.79. The van der Waals surface area contributed by atoms with Crippen molar-refractivity contribution < 1.29 is 19.2 Å². The average molecular weight is 440 g/mol. The smallest absolute Gasteiger partial charge is 0.336 e. The minimum atomic E-state index is -0.677. The molecule has 3 heterocycles. The number of hydrogen-bond donors (Lipinski definition) is 2. The van der Waals surface area contributed by atoms with Crippen LogP contribution in [0.25, 0.3) is 0 Å². The summed E-state index contributed by atoms with van der Waals surface area (Å²) >= 11 is 0. The summed E-state index contributed by atoms with van der Waals surface area (Å²) in [5.41, 5.74) is 8.00. The first-order valence-electron chi connectivity index (χ1n) is 10.3. The Labute approximate surface area is 184 Å². The van der Waals surface area contributed by atoms with Gasteiger partial charge in [0.25, 0.3) is 5.69 Å². The van der Waals surface area contributed by atoms with Gasteiger partial charge in [-0.05, 0) is 19.4 Å². The first kappa shape index (κ1) is 21.5. The van der Waals surface area contributed by atoms with Gasteiger partial charge < -0.3 is 25.4 Å². The maximum atomic E-state index is 13.0. The maximum Gasteiger partial charge on any atom is 0.336 e. The molecule has 1 unspecified atom stereocenters. The van der Waals surface area contributed by atoms with Crippen LogP contribution in [-0.2, 0) is 14.3 Å². The van der Waals surface area contributed by atoms with Crippen LogP contribution in [0.1, 0.15) is 30.9 Å². The summed E-state index contributed by atoms with van der Waals surface area (Å²) in [4.78, 5) is 34.9. The van der Waals surface area contributed by atoms with Crippen LogP contribution in [0.4, 0.5) is 23.3 Å². The Morgan fingerprint density at radius 2 is 2.12 bits per heavy atom. The zero-order valence-corrected chi connectivity index (χ0v) is 17.8. The lowest BCUT2D eigenvalue weighted by Crippen LogP contribution is -2.39. The molecule has 3 N–H and O–H groups in total. The van der Waals surface area contributed by atoms with Crippen LogP contribution in [0.15, 0.2) is 35.5 Å². The molecule has 0 amide bonds. The van der Waals surface area contributed by atoms with E-state index in [1.54, 1.807) is 26.0 Å². The molecular formula is C21H24N6O5. The number of allylic oxidation sites excluding steroid dienone is 1. The van der Waals surface area contributed by atoms with Crippen molar-refractivity contribution in [1.82, 2.24) is 9.97 Å². The van der Waals surface area contributed by atoms with Crippen LogP contribution in [0.3, 0.4) is 0 Å². The molecule has 2 aromatic rings. The van der Waals surface area contributed by atoms with Gasteiger partial charge in [-0.25, -0.2) is 4.79 Å². The first-order chi connectivity index (χ1) is 15.4. The highest BCUT2D eigenvalue weighted by atomic mass is 16.6. The predicted octanol–water partition coefficient (Wildman–Crippen LogP) is 2.20. The highest BCUT2D eigenvalue weighted by Gasteiger charge is 2.38. The number of carbonyl (C=O) groups is 1. The fourth-order valence-corrected chi connectivity index (χ4v) is 4.09. The van der Waals surface area contributed by atoms with E-state index < -0.39 is 16.8 Å². The number of esters is 1. The van der Waals surface area contributed by atoms with Crippen molar-refractivity contribution in [1.29, 1.82) is 0 Å². The second-order valence-electron chi connectivity index (χ2n) is 7.44. The molecule has 1 atom stereocenters. The Kier molecular flexibility index (Phi) is 5.91. The number of fused-ring (bicyclic) bond motifs is 1. The largest absolute Gasteiger partial charge is 0.463 e. The number of nitro groups is 1. The number of benzene rings is 1. The Morgan fingerprint density at radius 1 is 1.38 bits per heavy atom. The van der Waals surface area contributed by atoms with Gasteiger partial charge in [-0.3, -0.25) is 10.1 Å². The normalized spacial score (nSPS) is 18.1. The highest BCUT2D eigenvalue weighted by Crippen LogP contribution is 2.46. The molecule has 0 radical (unpaired) electrons. The fourth-order valence-electron chi connectivity index (χ4n) is 4.09. The van der Waals surface area contributed by atoms with Crippen molar-refractivity contribution in [2.75, 3.05) is 48.9 Å². The van der Waals surface area contributed by atoms with E-state index in [-0.39, 0.29) is 18.2 Å². The first-order valence-corrected chi connectivity index (χ1v) is 10.3. The lowest BCUT2D eigenvalue weighted by molar-refractivity contribution is -0.384. The summed E-state index contributed by atoms with van der Waals surface area (Å²) in [7, 11) is 0. The zero-order valence-electron chi connectivity index (χ0n) is 17.8. The maximum absolute atomic E-state index is 13.0. The van der Waals surface area contributed by atoms with Gasteiger partial charge in [-0.15, -0.1) is 0 Å². The zero-order chi connectivity index (χ0) is 22.8. The van der Waals surface area contributed by atoms with E-state index in [0.29, 0.717) is 60.3 Å². The van der Waals surface area contributed by atoms with E-state index in [0.717, 1.165) is 0 Å². The number of nitrogens with one attached hydrogen (secondary N) is 1. The van der Waals surface area contributed by atoms with Gasteiger partial charge in [-0.2, -0.15) is 9.97 Å². The number of anilines is 3. The number of nitrogens with zero attached hydrogens (tertiary/aromatic N) is 4. The Balaban J connectivity index is 1.96. The number of nitrogen functional groups attached to an aromatic ring is 1. The van der Waals surface area contributed by atoms with E-state index in [9.17, 15) is 14.9 Å². The van der Waals surface area contributed by atoms with Crippen molar-refractivity contribution in [2.45, 2.75) is 19.8 Å². The number of ether oxygens (including phenoxy) is 2. The quantitative estimate of drug-likeness (QED) is 0.403. The molecule has 1 aromatic heterocycles. The molecule has 0 aliphatic carbocycles. The number of rotatable bonds is 5. The van der Waals surface area contributed by atoms with Gasteiger partial charge in [0.15, 0.2) is 0 Å². The Hall–Kier alpha value is -3.73. The predicted molar refractivity (Wildman–Crippen MR) is 117 cm³/mol. The van der Waals surface area contributed by atoms with E-state index in [2.05, 4.69) is 15.3 Å². The lowest BCUT2D eigenvalue weighted by atomic mass is 9.81. The average Bonchev–Trinajstić information content (AvgIpc) is 2.78. The number of non-ortho nitro benzene ring substituents is 1. The molecular weight excluding hydrogens is 416 g/mol. The molecule has 1 fully saturated rings. The second-order valence-corrected chi connectivity index (χ2v) is 7.44. The number of nitro benzene ring substituents is 1. The van der Waals surface area contributed by atoms with Gasteiger partial charge in [0.05, 0.1) is 36.2 Å². The molecule has 2 aliphatic rings. The van der Waals surface area contributed by atoms with Crippen molar-refractivity contribution in [3.8, 4) is 0 Å². The fraction of sp³-hybridized carbons (Fsp3) is 0.381. The number of hydrogen-bond acceptors (Lipinski definition) is 10. The van der Waals surface area contributed by atoms with Crippen molar-refractivity contribution >= 4 is 29.2 Å². The molecule has 11 heteroatoms. The van der Waals surface area contributed by atoms with Gasteiger partial charge in [-0.1, -0.05) is 12.1 Å². The number of morpholine rings is 1. The molecule has 0 saturated carbocycles. The Morgan fingerprint density at radius 3 is 2.81 bits per heavy atom.